The first kappa shape index (κ1) is 19.2. The summed E-state index contributed by atoms with van der Waals surface area (Å²) >= 11 is 0. The first-order valence-corrected chi connectivity index (χ1v) is 9.25. The average Bonchev–Trinajstić information content (AvgIpc) is 3.22. The number of carbonyl (C=O) groups excluding carboxylic acids is 3. The van der Waals surface area contributed by atoms with Crippen LogP contribution < -0.4 is 14.4 Å². The van der Waals surface area contributed by atoms with E-state index in [2.05, 4.69) is 0 Å². The summed E-state index contributed by atoms with van der Waals surface area (Å²) < 4.78 is 10.8. The van der Waals surface area contributed by atoms with Crippen LogP contribution in [0.1, 0.15) is 37.8 Å². The Bertz CT molecular complexity index is 751. The zero-order valence-electron chi connectivity index (χ0n) is 16.0. The van der Waals surface area contributed by atoms with Crippen molar-refractivity contribution in [2.24, 2.45) is 0 Å². The molecule has 0 aromatic heterocycles. The van der Waals surface area contributed by atoms with Crippen LogP contribution >= 0.6 is 0 Å². The molecule has 1 N–H and O–H groups in total. The van der Waals surface area contributed by atoms with Gasteiger partial charge in [-0.2, -0.15) is 0 Å². The molecule has 2 atom stereocenters. The van der Waals surface area contributed by atoms with Crippen molar-refractivity contribution in [3.63, 3.8) is 0 Å². The molecule has 2 heterocycles. The number of methoxy groups -OCH3 is 2. The van der Waals surface area contributed by atoms with Crippen LogP contribution in [-0.4, -0.2) is 61.6 Å². The van der Waals surface area contributed by atoms with E-state index in [1.165, 1.54) is 0 Å². The number of likely N-dealkylation sites (tertiary alicyclic amines) is 1. The molecule has 0 aliphatic carbocycles. The largest absolute Gasteiger partial charge is 0.497 e. The molecule has 2 aliphatic rings. The van der Waals surface area contributed by atoms with Crippen LogP contribution in [0.5, 0.6) is 11.5 Å². The molecule has 1 aromatic carbocycles. The predicted octanol–water partition coefficient (Wildman–Crippen LogP) is 0.582. The number of imide groups is 2. The van der Waals surface area contributed by atoms with Gasteiger partial charge >= 0.3 is 17.8 Å². The molecule has 4 amide bonds. The van der Waals surface area contributed by atoms with Gasteiger partial charge in [0.05, 0.1) is 26.3 Å². The number of hydrogen-bond donors (Lipinski definition) is 1. The molecule has 2 aliphatic heterocycles. The molecular weight excluding hydrogens is 350 g/mol. The minimum absolute atomic E-state index is 0.0850. The molecule has 8 heteroatoms. The Hall–Kier alpha value is -2.61. The summed E-state index contributed by atoms with van der Waals surface area (Å²) in [6, 6.07) is 5.26. The van der Waals surface area contributed by atoms with Crippen LogP contribution in [0.15, 0.2) is 18.2 Å². The number of hydrogen-bond acceptors (Lipinski definition) is 5. The Kier molecular flexibility index (Phi) is 5.65. The lowest BCUT2D eigenvalue weighted by Crippen LogP contribution is -3.12. The molecule has 27 heavy (non-hydrogen) atoms. The van der Waals surface area contributed by atoms with Crippen LogP contribution in [0.4, 0.5) is 4.79 Å². The van der Waals surface area contributed by atoms with Gasteiger partial charge in [0, 0.05) is 25.5 Å². The second-order valence-corrected chi connectivity index (χ2v) is 6.84. The zero-order valence-corrected chi connectivity index (χ0v) is 16.0. The molecular formula is C19H26N3O5+. The van der Waals surface area contributed by atoms with E-state index in [0.717, 1.165) is 45.4 Å². The smallest absolute Gasteiger partial charge is 0.338 e. The maximum absolute atomic E-state index is 12.5. The van der Waals surface area contributed by atoms with Crippen molar-refractivity contribution >= 4 is 17.8 Å². The summed E-state index contributed by atoms with van der Waals surface area (Å²) in [5.41, 5.74) is 1.02. The third-order valence-electron chi connectivity index (χ3n) is 5.24. The lowest BCUT2D eigenvalue weighted by molar-refractivity contribution is -0.925. The van der Waals surface area contributed by atoms with Crippen molar-refractivity contribution in [1.82, 2.24) is 9.80 Å². The molecule has 0 spiro atoms. The van der Waals surface area contributed by atoms with E-state index in [-0.39, 0.29) is 19.3 Å². The van der Waals surface area contributed by atoms with Gasteiger partial charge in [-0.1, -0.05) is 6.92 Å². The highest BCUT2D eigenvalue weighted by Crippen LogP contribution is 2.31. The number of carbonyl (C=O) groups is 3. The lowest BCUT2D eigenvalue weighted by Gasteiger charge is -2.26. The van der Waals surface area contributed by atoms with Gasteiger partial charge in [0.1, 0.15) is 17.5 Å². The molecule has 1 aromatic rings. The highest BCUT2D eigenvalue weighted by Gasteiger charge is 2.47. The van der Waals surface area contributed by atoms with Gasteiger partial charge in [-0.05, 0) is 18.6 Å². The Labute approximate surface area is 158 Å². The number of benzene rings is 1. The minimum atomic E-state index is -0.728. The van der Waals surface area contributed by atoms with Gasteiger partial charge in [-0.15, -0.1) is 0 Å². The van der Waals surface area contributed by atoms with E-state index < -0.39 is 17.8 Å². The number of quaternary nitrogens is 1. The van der Waals surface area contributed by atoms with Gasteiger partial charge in [-0.25, -0.2) is 9.69 Å². The Morgan fingerprint density at radius 2 is 1.85 bits per heavy atom. The number of urea groups is 1. The standard InChI is InChI=1S/C19H25N3O5/c1-4-9-21-17(23)18(24)22(19(21)25)12-20-10-5-6-15(20)14-8-7-13(26-2)11-16(14)27-3/h7-8,11,15H,4-6,9-10,12H2,1-3H3/p+1/t15-/m0/s1. The predicted molar refractivity (Wildman–Crippen MR) is 96.5 cm³/mol. The first-order chi connectivity index (χ1) is 13.0. The SMILES string of the molecule is CCCN1C(=O)C(=O)N(C[NH+]2CCC[C@H]2c2ccc(OC)cc2OC)C1=O. The summed E-state index contributed by atoms with van der Waals surface area (Å²) in [4.78, 5) is 40.1. The Morgan fingerprint density at radius 3 is 2.52 bits per heavy atom. The number of rotatable bonds is 7. The second kappa shape index (κ2) is 7.96. The van der Waals surface area contributed by atoms with E-state index in [1.54, 1.807) is 14.2 Å². The Balaban J connectivity index is 1.81. The van der Waals surface area contributed by atoms with E-state index in [9.17, 15) is 14.4 Å². The number of nitrogens with zero attached hydrogens (tertiary/aromatic N) is 2. The maximum atomic E-state index is 12.5. The van der Waals surface area contributed by atoms with Crippen LogP contribution in [0, 0.1) is 0 Å². The molecule has 0 saturated carbocycles. The molecule has 2 fully saturated rings. The van der Waals surface area contributed by atoms with Crippen molar-refractivity contribution in [3.05, 3.63) is 23.8 Å². The molecule has 0 bridgehead atoms. The fourth-order valence-corrected chi connectivity index (χ4v) is 3.90. The van der Waals surface area contributed by atoms with E-state index in [0.29, 0.717) is 12.2 Å². The molecule has 146 valence electrons. The highest BCUT2D eigenvalue weighted by molar-refractivity contribution is 6.44. The van der Waals surface area contributed by atoms with Crippen molar-refractivity contribution in [1.29, 1.82) is 0 Å². The number of nitrogens with one attached hydrogen (secondary N) is 1. The summed E-state index contributed by atoms with van der Waals surface area (Å²) in [7, 11) is 3.22. The van der Waals surface area contributed by atoms with Crippen molar-refractivity contribution in [2.45, 2.75) is 32.2 Å². The molecule has 8 nitrogen and oxygen atoms in total. The summed E-state index contributed by atoms with van der Waals surface area (Å²) in [6.45, 7) is 3.14. The van der Waals surface area contributed by atoms with Crippen LogP contribution in [0.2, 0.25) is 0 Å². The van der Waals surface area contributed by atoms with Crippen molar-refractivity contribution in [3.8, 4) is 11.5 Å². The fourth-order valence-electron chi connectivity index (χ4n) is 3.90. The van der Waals surface area contributed by atoms with Crippen molar-refractivity contribution < 1.29 is 28.8 Å². The number of ether oxygens (including phenoxy) is 2. The summed E-state index contributed by atoms with van der Waals surface area (Å²) in [5.74, 6) is -0.0188. The maximum Gasteiger partial charge on any atom is 0.338 e. The minimum Gasteiger partial charge on any atom is -0.497 e. The Morgan fingerprint density at radius 1 is 1.11 bits per heavy atom. The van der Waals surface area contributed by atoms with Crippen molar-refractivity contribution in [2.75, 3.05) is 34.0 Å². The quantitative estimate of drug-likeness (QED) is 0.556. The highest BCUT2D eigenvalue weighted by atomic mass is 16.5. The molecule has 3 rings (SSSR count). The second-order valence-electron chi connectivity index (χ2n) is 6.84. The van der Waals surface area contributed by atoms with E-state index in [4.69, 9.17) is 9.47 Å². The molecule has 2 saturated heterocycles. The fraction of sp³-hybridized carbons (Fsp3) is 0.526. The number of amides is 4. The van der Waals surface area contributed by atoms with Crippen LogP contribution in [-0.2, 0) is 9.59 Å². The average molecular weight is 376 g/mol. The van der Waals surface area contributed by atoms with Gasteiger partial charge in [0.15, 0.2) is 6.67 Å². The van der Waals surface area contributed by atoms with Gasteiger partial charge < -0.3 is 14.4 Å². The molecule has 0 radical (unpaired) electrons. The van der Waals surface area contributed by atoms with Crippen LogP contribution in [0.3, 0.4) is 0 Å². The van der Waals surface area contributed by atoms with Gasteiger partial charge in [-0.3, -0.25) is 14.5 Å². The summed E-state index contributed by atoms with van der Waals surface area (Å²) in [5, 5.41) is 0. The van der Waals surface area contributed by atoms with Gasteiger partial charge in [0.25, 0.3) is 0 Å². The third kappa shape index (κ3) is 3.49. The molecule has 1 unspecified atom stereocenters. The third-order valence-corrected chi connectivity index (χ3v) is 5.24. The zero-order chi connectivity index (χ0) is 19.6. The van der Waals surface area contributed by atoms with Crippen LogP contribution in [0.25, 0.3) is 0 Å². The van der Waals surface area contributed by atoms with Gasteiger partial charge in [0.2, 0.25) is 0 Å². The monoisotopic (exact) mass is 376 g/mol. The van der Waals surface area contributed by atoms with E-state index >= 15 is 0 Å². The summed E-state index contributed by atoms with van der Waals surface area (Å²) in [6.07, 6.45) is 2.51. The normalized spacial score (nSPS) is 22.7. The lowest BCUT2D eigenvalue weighted by atomic mass is 10.0. The topological polar surface area (TPSA) is 80.6 Å². The van der Waals surface area contributed by atoms with E-state index in [1.807, 2.05) is 25.1 Å². The first-order valence-electron chi connectivity index (χ1n) is 9.25.